The minimum Gasteiger partial charge on any atom is -0.493 e. The van der Waals surface area contributed by atoms with E-state index in [0.717, 1.165) is 15.8 Å². The van der Waals surface area contributed by atoms with Crippen molar-refractivity contribution in [2.45, 2.75) is 0 Å². The molecule has 0 bridgehead atoms. The van der Waals surface area contributed by atoms with Crippen LogP contribution in [0.2, 0.25) is 5.02 Å². The number of hydrogen-bond donors (Lipinski definition) is 0. The summed E-state index contributed by atoms with van der Waals surface area (Å²) in [5.74, 6) is 1.03. The van der Waals surface area contributed by atoms with Gasteiger partial charge in [-0.1, -0.05) is 34.9 Å². The van der Waals surface area contributed by atoms with Crippen molar-refractivity contribution in [2.75, 3.05) is 14.2 Å². The highest BCUT2D eigenvalue weighted by atomic mass is 35.5. The van der Waals surface area contributed by atoms with E-state index in [1.807, 2.05) is 36.4 Å². The summed E-state index contributed by atoms with van der Waals surface area (Å²) in [7, 11) is 3.16. The van der Waals surface area contributed by atoms with Crippen molar-refractivity contribution in [3.63, 3.8) is 0 Å². The van der Waals surface area contributed by atoms with Crippen LogP contribution in [0.5, 0.6) is 23.3 Å². The molecule has 0 radical (unpaired) electrons. The molecule has 0 aliphatic heterocycles. The molecule has 3 aromatic carbocycles. The molecule has 7 nitrogen and oxygen atoms in total. The van der Waals surface area contributed by atoms with Crippen LogP contribution in [0.25, 0.3) is 16.8 Å². The number of methoxy groups -OCH3 is 2. The van der Waals surface area contributed by atoms with Crippen LogP contribution >= 0.6 is 11.6 Å². The summed E-state index contributed by atoms with van der Waals surface area (Å²) in [6.07, 6.45) is -0.168. The SMILES string of the molecule is COc1ccc(-c2cccc(-n3nc(Oc4ccc(Cl)cc4)oc3=O)c2)cc1OC. The Morgan fingerprint density at radius 3 is 2.37 bits per heavy atom. The van der Waals surface area contributed by atoms with Gasteiger partial charge in [0.2, 0.25) is 0 Å². The van der Waals surface area contributed by atoms with Gasteiger partial charge in [0.15, 0.2) is 11.5 Å². The van der Waals surface area contributed by atoms with Crippen LogP contribution in [0.1, 0.15) is 0 Å². The van der Waals surface area contributed by atoms with Crippen molar-refractivity contribution in [1.82, 2.24) is 9.78 Å². The smallest absolute Gasteiger partial charge is 0.444 e. The number of rotatable bonds is 6. The second kappa shape index (κ2) is 8.34. The number of benzene rings is 3. The summed E-state index contributed by atoms with van der Waals surface area (Å²) in [5, 5.41) is 4.70. The Morgan fingerprint density at radius 1 is 0.900 bits per heavy atom. The quantitative estimate of drug-likeness (QED) is 0.435. The topological polar surface area (TPSA) is 75.7 Å². The normalized spacial score (nSPS) is 10.6. The summed E-state index contributed by atoms with van der Waals surface area (Å²) in [6.45, 7) is 0. The van der Waals surface area contributed by atoms with E-state index in [0.29, 0.717) is 28.0 Å². The third kappa shape index (κ3) is 4.01. The summed E-state index contributed by atoms with van der Waals surface area (Å²) < 4.78 is 22.4. The van der Waals surface area contributed by atoms with Crippen molar-refractivity contribution in [1.29, 1.82) is 0 Å². The average molecular weight is 425 g/mol. The summed E-state index contributed by atoms with van der Waals surface area (Å²) >= 11 is 5.86. The Morgan fingerprint density at radius 2 is 1.63 bits per heavy atom. The van der Waals surface area contributed by atoms with Crippen LogP contribution in [0.4, 0.5) is 0 Å². The third-order valence-electron chi connectivity index (χ3n) is 4.36. The van der Waals surface area contributed by atoms with Gasteiger partial charge in [0.1, 0.15) is 5.75 Å². The Balaban J connectivity index is 1.65. The van der Waals surface area contributed by atoms with E-state index in [1.165, 1.54) is 0 Å². The van der Waals surface area contributed by atoms with Crippen molar-refractivity contribution in [3.8, 4) is 40.1 Å². The number of halogens is 1. The largest absolute Gasteiger partial charge is 0.493 e. The van der Waals surface area contributed by atoms with Gasteiger partial charge in [0.05, 0.1) is 19.9 Å². The minimum absolute atomic E-state index is 0.168. The molecule has 0 N–H and O–H groups in total. The van der Waals surface area contributed by atoms with Gasteiger partial charge in [0.25, 0.3) is 0 Å². The molecule has 0 spiro atoms. The highest BCUT2D eigenvalue weighted by molar-refractivity contribution is 6.30. The Kier molecular flexibility index (Phi) is 5.45. The monoisotopic (exact) mass is 424 g/mol. The fourth-order valence-electron chi connectivity index (χ4n) is 2.90. The highest BCUT2D eigenvalue weighted by Crippen LogP contribution is 2.32. The Hall–Kier alpha value is -3.71. The second-order valence-electron chi connectivity index (χ2n) is 6.22. The Labute approximate surface area is 177 Å². The van der Waals surface area contributed by atoms with Crippen molar-refractivity contribution in [2.24, 2.45) is 0 Å². The van der Waals surface area contributed by atoms with Crippen molar-refractivity contribution in [3.05, 3.63) is 82.3 Å². The van der Waals surface area contributed by atoms with E-state index in [1.54, 1.807) is 44.6 Å². The standard InChI is InChI=1S/C22H17ClN2O5/c1-27-19-11-6-15(13-20(19)28-2)14-4-3-5-17(12-14)25-22(26)30-21(24-25)29-18-9-7-16(23)8-10-18/h3-13H,1-2H3. The molecule has 4 aromatic rings. The first-order chi connectivity index (χ1) is 14.6. The maximum atomic E-state index is 12.3. The summed E-state index contributed by atoms with van der Waals surface area (Å²) in [5.41, 5.74) is 2.29. The number of ether oxygens (including phenoxy) is 3. The van der Waals surface area contributed by atoms with E-state index in [-0.39, 0.29) is 6.08 Å². The van der Waals surface area contributed by atoms with Gasteiger partial charge < -0.3 is 18.6 Å². The van der Waals surface area contributed by atoms with Crippen LogP contribution in [-0.2, 0) is 0 Å². The minimum atomic E-state index is -0.663. The van der Waals surface area contributed by atoms with Crippen LogP contribution < -0.4 is 20.0 Å². The molecule has 30 heavy (non-hydrogen) atoms. The molecule has 0 aliphatic carbocycles. The molecule has 1 aromatic heterocycles. The number of hydrogen-bond acceptors (Lipinski definition) is 6. The molecule has 0 atom stereocenters. The molecule has 0 unspecified atom stereocenters. The van der Waals surface area contributed by atoms with Gasteiger partial charge in [-0.3, -0.25) is 0 Å². The molecule has 0 saturated carbocycles. The third-order valence-corrected chi connectivity index (χ3v) is 4.61. The first-order valence-electron chi connectivity index (χ1n) is 8.94. The predicted molar refractivity (Wildman–Crippen MR) is 112 cm³/mol. The molecule has 152 valence electrons. The zero-order valence-electron chi connectivity index (χ0n) is 16.2. The zero-order chi connectivity index (χ0) is 21.1. The van der Waals surface area contributed by atoms with Gasteiger partial charge in [-0.25, -0.2) is 4.79 Å². The molecular weight excluding hydrogens is 408 g/mol. The van der Waals surface area contributed by atoms with E-state index in [9.17, 15) is 4.79 Å². The maximum absolute atomic E-state index is 12.3. The lowest BCUT2D eigenvalue weighted by Gasteiger charge is -2.10. The molecule has 0 aliphatic rings. The maximum Gasteiger partial charge on any atom is 0.444 e. The van der Waals surface area contributed by atoms with Crippen LogP contribution in [0.15, 0.2) is 75.9 Å². The lowest BCUT2D eigenvalue weighted by atomic mass is 10.0. The molecule has 0 saturated heterocycles. The Bertz CT molecular complexity index is 1230. The van der Waals surface area contributed by atoms with E-state index in [4.69, 9.17) is 30.2 Å². The predicted octanol–water partition coefficient (Wildman–Crippen LogP) is 4.96. The van der Waals surface area contributed by atoms with Gasteiger partial charge in [0, 0.05) is 5.02 Å². The molecule has 0 amide bonds. The first-order valence-corrected chi connectivity index (χ1v) is 9.31. The van der Waals surface area contributed by atoms with Crippen LogP contribution in [-0.4, -0.2) is 24.0 Å². The number of aromatic nitrogens is 2. The molecular formula is C22H17ClN2O5. The van der Waals surface area contributed by atoms with E-state index >= 15 is 0 Å². The second-order valence-corrected chi connectivity index (χ2v) is 6.66. The van der Waals surface area contributed by atoms with Gasteiger partial charge in [-0.05, 0) is 59.7 Å². The molecule has 4 rings (SSSR count). The van der Waals surface area contributed by atoms with Gasteiger partial charge >= 0.3 is 11.8 Å². The van der Waals surface area contributed by atoms with Crippen LogP contribution in [0, 0.1) is 0 Å². The summed E-state index contributed by atoms with van der Waals surface area (Å²) in [6, 6.07) is 19.5. The summed E-state index contributed by atoms with van der Waals surface area (Å²) in [4.78, 5) is 12.3. The fourth-order valence-corrected chi connectivity index (χ4v) is 3.03. The lowest BCUT2D eigenvalue weighted by Crippen LogP contribution is -2.13. The average Bonchev–Trinajstić information content (AvgIpc) is 3.14. The lowest BCUT2D eigenvalue weighted by molar-refractivity contribution is 0.320. The highest BCUT2D eigenvalue weighted by Gasteiger charge is 2.13. The molecule has 1 heterocycles. The van der Waals surface area contributed by atoms with Gasteiger partial charge in [-0.15, -0.1) is 0 Å². The van der Waals surface area contributed by atoms with E-state index < -0.39 is 5.76 Å². The number of nitrogens with zero attached hydrogens (tertiary/aromatic N) is 2. The fraction of sp³-hybridized carbons (Fsp3) is 0.0909. The first kappa shape index (κ1) is 19.6. The van der Waals surface area contributed by atoms with Gasteiger partial charge in [-0.2, -0.15) is 4.68 Å². The molecule has 0 fully saturated rings. The van der Waals surface area contributed by atoms with E-state index in [2.05, 4.69) is 5.10 Å². The molecule has 8 heteroatoms. The van der Waals surface area contributed by atoms with Crippen molar-refractivity contribution < 1.29 is 18.6 Å². The van der Waals surface area contributed by atoms with Crippen LogP contribution in [0.3, 0.4) is 0 Å². The zero-order valence-corrected chi connectivity index (χ0v) is 16.9. The van der Waals surface area contributed by atoms with Crippen molar-refractivity contribution >= 4 is 11.6 Å².